The molecule has 0 amide bonds. The van der Waals surface area contributed by atoms with Gasteiger partial charge in [0, 0.05) is 6.42 Å². The molecule has 1 aromatic rings. The van der Waals surface area contributed by atoms with Crippen LogP contribution in [0.15, 0.2) is 18.2 Å². The Morgan fingerprint density at radius 3 is 3.14 bits per heavy atom. The smallest absolute Gasteiger partial charge is 0.123 e. The number of halogens is 1. The van der Waals surface area contributed by atoms with Crippen LogP contribution in [0.3, 0.4) is 0 Å². The van der Waals surface area contributed by atoms with E-state index in [1.807, 2.05) is 6.07 Å². The highest BCUT2D eigenvalue weighted by Gasteiger charge is 2.19. The van der Waals surface area contributed by atoms with Crippen molar-refractivity contribution in [3.8, 4) is 0 Å². The quantitative estimate of drug-likeness (QED) is 0.658. The van der Waals surface area contributed by atoms with Gasteiger partial charge in [0.15, 0.2) is 0 Å². The number of rotatable bonds is 2. The van der Waals surface area contributed by atoms with E-state index in [1.54, 1.807) is 6.07 Å². The Morgan fingerprint density at radius 2 is 2.36 bits per heavy atom. The normalized spacial score (nSPS) is 20.2. The summed E-state index contributed by atoms with van der Waals surface area (Å²) in [4.78, 5) is 10.5. The average molecular weight is 192 g/mol. The first-order chi connectivity index (χ1) is 6.81. The fourth-order valence-corrected chi connectivity index (χ4v) is 2.23. The number of aldehydes is 1. The molecule has 1 atom stereocenters. The lowest BCUT2D eigenvalue weighted by Crippen LogP contribution is -2.10. The van der Waals surface area contributed by atoms with E-state index in [1.165, 1.54) is 11.6 Å². The highest BCUT2D eigenvalue weighted by Crippen LogP contribution is 2.33. The number of aryl methyl sites for hydroxylation is 1. The van der Waals surface area contributed by atoms with Crippen LogP contribution in [0, 0.1) is 5.82 Å². The van der Waals surface area contributed by atoms with E-state index >= 15 is 0 Å². The second-order valence-electron chi connectivity index (χ2n) is 3.83. The molecule has 1 nitrogen and oxygen atoms in total. The van der Waals surface area contributed by atoms with Gasteiger partial charge in [-0.05, 0) is 48.4 Å². The minimum absolute atomic E-state index is 0.193. The number of hydrogen-bond acceptors (Lipinski definition) is 1. The molecule has 0 saturated heterocycles. The van der Waals surface area contributed by atoms with Gasteiger partial charge in [0.1, 0.15) is 12.1 Å². The topological polar surface area (TPSA) is 17.1 Å². The second kappa shape index (κ2) is 3.91. The molecule has 0 fully saturated rings. The monoisotopic (exact) mass is 192 g/mol. The SMILES string of the molecule is O=CCC1CCCc2ccc(F)cc21. The molecule has 0 aromatic heterocycles. The summed E-state index contributed by atoms with van der Waals surface area (Å²) < 4.78 is 13.0. The Hall–Kier alpha value is -1.18. The number of carbonyl (C=O) groups excluding carboxylic acids is 1. The van der Waals surface area contributed by atoms with Crippen LogP contribution in [-0.4, -0.2) is 6.29 Å². The molecule has 0 radical (unpaired) electrons. The molecule has 1 aliphatic carbocycles. The molecule has 1 aliphatic rings. The zero-order valence-electron chi connectivity index (χ0n) is 8.00. The Bertz CT molecular complexity index is 346. The largest absolute Gasteiger partial charge is 0.303 e. The lowest BCUT2D eigenvalue weighted by atomic mass is 9.81. The molecule has 1 aromatic carbocycles. The molecule has 2 rings (SSSR count). The molecule has 0 N–H and O–H groups in total. The van der Waals surface area contributed by atoms with Crippen LogP contribution in [0.5, 0.6) is 0 Å². The summed E-state index contributed by atoms with van der Waals surface area (Å²) in [6, 6.07) is 4.94. The van der Waals surface area contributed by atoms with Crippen LogP contribution in [0.4, 0.5) is 4.39 Å². The Kier molecular flexibility index (Phi) is 2.62. The fourth-order valence-electron chi connectivity index (χ4n) is 2.23. The summed E-state index contributed by atoms with van der Waals surface area (Å²) in [7, 11) is 0. The Morgan fingerprint density at radius 1 is 1.50 bits per heavy atom. The van der Waals surface area contributed by atoms with Crippen LogP contribution in [-0.2, 0) is 11.2 Å². The summed E-state index contributed by atoms with van der Waals surface area (Å²) in [6.07, 6.45) is 4.60. The maximum Gasteiger partial charge on any atom is 0.123 e. The van der Waals surface area contributed by atoms with Crippen LogP contribution in [0.25, 0.3) is 0 Å². The van der Waals surface area contributed by atoms with E-state index < -0.39 is 0 Å². The zero-order valence-corrected chi connectivity index (χ0v) is 8.00. The van der Waals surface area contributed by atoms with Gasteiger partial charge in [-0.15, -0.1) is 0 Å². The van der Waals surface area contributed by atoms with Crippen molar-refractivity contribution in [3.05, 3.63) is 35.1 Å². The van der Waals surface area contributed by atoms with Crippen molar-refractivity contribution in [2.45, 2.75) is 31.6 Å². The molecule has 0 heterocycles. The number of fused-ring (bicyclic) bond motifs is 1. The lowest BCUT2D eigenvalue weighted by Gasteiger charge is -2.23. The summed E-state index contributed by atoms with van der Waals surface area (Å²) >= 11 is 0. The number of carbonyl (C=O) groups is 1. The molecule has 2 heteroatoms. The van der Waals surface area contributed by atoms with E-state index in [9.17, 15) is 9.18 Å². The molecular weight excluding hydrogens is 179 g/mol. The van der Waals surface area contributed by atoms with Crippen molar-refractivity contribution < 1.29 is 9.18 Å². The fraction of sp³-hybridized carbons (Fsp3) is 0.417. The van der Waals surface area contributed by atoms with E-state index in [2.05, 4.69) is 0 Å². The van der Waals surface area contributed by atoms with Crippen molar-refractivity contribution in [1.82, 2.24) is 0 Å². The van der Waals surface area contributed by atoms with Crippen molar-refractivity contribution >= 4 is 6.29 Å². The first-order valence-corrected chi connectivity index (χ1v) is 5.03. The van der Waals surface area contributed by atoms with E-state index in [4.69, 9.17) is 0 Å². The van der Waals surface area contributed by atoms with E-state index in [0.29, 0.717) is 6.42 Å². The third-order valence-corrected chi connectivity index (χ3v) is 2.93. The van der Waals surface area contributed by atoms with Gasteiger partial charge in [0.25, 0.3) is 0 Å². The molecule has 0 aliphatic heterocycles. The summed E-state index contributed by atoms with van der Waals surface area (Å²) in [5, 5.41) is 0. The first kappa shape index (κ1) is 9.38. The minimum atomic E-state index is -0.193. The van der Waals surface area contributed by atoms with Gasteiger partial charge >= 0.3 is 0 Å². The lowest BCUT2D eigenvalue weighted by molar-refractivity contribution is -0.108. The summed E-state index contributed by atoms with van der Waals surface area (Å²) in [5.41, 5.74) is 2.26. The summed E-state index contributed by atoms with van der Waals surface area (Å²) in [5.74, 6) is 0.0495. The molecule has 1 unspecified atom stereocenters. The summed E-state index contributed by atoms with van der Waals surface area (Å²) in [6.45, 7) is 0. The third-order valence-electron chi connectivity index (χ3n) is 2.93. The van der Waals surface area contributed by atoms with Crippen LogP contribution in [0.1, 0.15) is 36.3 Å². The predicted molar refractivity (Wildman–Crippen MR) is 52.8 cm³/mol. The molecular formula is C12H13FO. The van der Waals surface area contributed by atoms with Crippen molar-refractivity contribution in [1.29, 1.82) is 0 Å². The van der Waals surface area contributed by atoms with E-state index in [-0.39, 0.29) is 11.7 Å². The molecule has 0 bridgehead atoms. The number of hydrogen-bond donors (Lipinski definition) is 0. The maximum absolute atomic E-state index is 13.0. The highest BCUT2D eigenvalue weighted by molar-refractivity contribution is 5.52. The molecule has 0 spiro atoms. The van der Waals surface area contributed by atoms with E-state index in [0.717, 1.165) is 31.1 Å². The Labute approximate surface area is 82.9 Å². The van der Waals surface area contributed by atoms with Gasteiger partial charge in [-0.1, -0.05) is 6.07 Å². The zero-order chi connectivity index (χ0) is 9.97. The predicted octanol–water partition coefficient (Wildman–Crippen LogP) is 2.83. The highest BCUT2D eigenvalue weighted by atomic mass is 19.1. The number of benzene rings is 1. The Balaban J connectivity index is 2.36. The average Bonchev–Trinajstić information content (AvgIpc) is 2.19. The molecule has 0 saturated carbocycles. The van der Waals surface area contributed by atoms with Crippen molar-refractivity contribution in [2.75, 3.05) is 0 Å². The van der Waals surface area contributed by atoms with Crippen LogP contribution in [0.2, 0.25) is 0 Å². The third kappa shape index (κ3) is 1.69. The van der Waals surface area contributed by atoms with Crippen molar-refractivity contribution in [3.63, 3.8) is 0 Å². The van der Waals surface area contributed by atoms with Crippen molar-refractivity contribution in [2.24, 2.45) is 0 Å². The van der Waals surface area contributed by atoms with Gasteiger partial charge in [0.05, 0.1) is 0 Å². The van der Waals surface area contributed by atoms with Crippen LogP contribution < -0.4 is 0 Å². The van der Waals surface area contributed by atoms with Gasteiger partial charge in [-0.25, -0.2) is 4.39 Å². The second-order valence-corrected chi connectivity index (χ2v) is 3.83. The van der Waals surface area contributed by atoms with Gasteiger partial charge in [-0.2, -0.15) is 0 Å². The first-order valence-electron chi connectivity index (χ1n) is 5.03. The molecule has 14 heavy (non-hydrogen) atoms. The van der Waals surface area contributed by atoms with Gasteiger partial charge in [-0.3, -0.25) is 0 Å². The minimum Gasteiger partial charge on any atom is -0.303 e. The standard InChI is InChI=1S/C12H13FO/c13-11-5-4-9-2-1-3-10(6-7-14)12(9)8-11/h4-5,7-8,10H,1-3,6H2. The van der Waals surface area contributed by atoms with Gasteiger partial charge < -0.3 is 4.79 Å². The van der Waals surface area contributed by atoms with Crippen LogP contribution >= 0.6 is 0 Å². The maximum atomic E-state index is 13.0. The molecule has 74 valence electrons. The van der Waals surface area contributed by atoms with Gasteiger partial charge in [0.2, 0.25) is 0 Å².